The molecule has 0 spiro atoms. The van der Waals surface area contributed by atoms with Crippen LogP contribution in [0, 0.1) is 20.8 Å². The molecule has 1 aliphatic rings. The Balaban J connectivity index is 1.68. The summed E-state index contributed by atoms with van der Waals surface area (Å²) in [6.07, 6.45) is 1.02. The summed E-state index contributed by atoms with van der Waals surface area (Å²) >= 11 is 0. The summed E-state index contributed by atoms with van der Waals surface area (Å²) in [6.45, 7) is 12.9. The van der Waals surface area contributed by atoms with E-state index in [1.54, 1.807) is 0 Å². The second-order valence-electron chi connectivity index (χ2n) is 10.7. The number of H-pyrrole nitrogens is 1. The highest BCUT2D eigenvalue weighted by molar-refractivity contribution is 5.73. The van der Waals surface area contributed by atoms with Crippen LogP contribution in [-0.2, 0) is 17.8 Å². The lowest BCUT2D eigenvalue weighted by molar-refractivity contribution is 0.0846. The first-order valence-corrected chi connectivity index (χ1v) is 14.4. The zero-order valence-corrected chi connectivity index (χ0v) is 24.3. The average molecular weight is 548 g/mol. The summed E-state index contributed by atoms with van der Waals surface area (Å²) in [4.78, 5) is 17.9. The number of ether oxygens (including phenoxy) is 1. The molecular weight excluding hydrogens is 502 g/mol. The Bertz CT molecular complexity index is 1320. The summed E-state index contributed by atoms with van der Waals surface area (Å²) in [5.41, 5.74) is 14.2. The van der Waals surface area contributed by atoms with E-state index >= 15 is 0 Å². The maximum Gasteiger partial charge on any atom is 0.252 e. The van der Waals surface area contributed by atoms with Crippen molar-refractivity contribution in [3.8, 4) is 11.1 Å². The van der Waals surface area contributed by atoms with E-state index in [1.165, 1.54) is 5.56 Å². The van der Waals surface area contributed by atoms with Crippen LogP contribution < -0.4 is 26.8 Å². The molecule has 0 radical (unpaired) electrons. The molecule has 4 rings (SSSR count). The van der Waals surface area contributed by atoms with Gasteiger partial charge < -0.3 is 30.8 Å². The quantitative estimate of drug-likeness (QED) is 0.173. The van der Waals surface area contributed by atoms with Gasteiger partial charge in [0.2, 0.25) is 0 Å². The molecule has 8 heteroatoms. The standard InChI is InChI=1S/C32H45N5O3/c1-5-37(27-10-14-40-15-11-27)30-18-26(25-8-6-24(7-9-25)19-34-13-12-33)17-28(23(30)4)31(38)35-20-29-21(2)16-22(3)36-32(29)39/h6-9,16-18,27,31,34-35,38H,5,10-15,19-20,33H2,1-4H3,(H,36,39). The third-order valence-corrected chi connectivity index (χ3v) is 7.90. The van der Waals surface area contributed by atoms with Crippen LogP contribution in [0.3, 0.4) is 0 Å². The van der Waals surface area contributed by atoms with Crippen LogP contribution in [0.1, 0.15) is 59.5 Å². The Labute approximate surface area is 238 Å². The number of aliphatic hydroxyl groups is 1. The summed E-state index contributed by atoms with van der Waals surface area (Å²) in [5, 5.41) is 18.0. The van der Waals surface area contributed by atoms with Crippen molar-refractivity contribution in [1.29, 1.82) is 0 Å². The Hall–Kier alpha value is -3.01. The van der Waals surface area contributed by atoms with E-state index in [-0.39, 0.29) is 12.1 Å². The Kier molecular flexibility index (Phi) is 10.5. The molecule has 2 heterocycles. The van der Waals surface area contributed by atoms with Gasteiger partial charge in [0.05, 0.1) is 0 Å². The van der Waals surface area contributed by atoms with E-state index in [9.17, 15) is 9.90 Å². The van der Waals surface area contributed by atoms with Gasteiger partial charge in [-0.25, -0.2) is 0 Å². The van der Waals surface area contributed by atoms with Crippen LogP contribution in [0.5, 0.6) is 0 Å². The van der Waals surface area contributed by atoms with Crippen LogP contribution in [-0.4, -0.2) is 49.0 Å². The summed E-state index contributed by atoms with van der Waals surface area (Å²) in [5.74, 6) is 0. The van der Waals surface area contributed by atoms with Crippen LogP contribution in [0.25, 0.3) is 11.1 Å². The molecular formula is C32H45N5O3. The summed E-state index contributed by atoms with van der Waals surface area (Å²) in [7, 11) is 0. The van der Waals surface area contributed by atoms with E-state index in [0.717, 1.165) is 84.9 Å². The number of aryl methyl sites for hydroxylation is 2. The normalized spacial score (nSPS) is 14.8. The molecule has 216 valence electrons. The fourth-order valence-corrected chi connectivity index (χ4v) is 5.65. The molecule has 3 aromatic rings. The van der Waals surface area contributed by atoms with Gasteiger partial charge in [0.1, 0.15) is 6.23 Å². The molecule has 0 saturated carbocycles. The van der Waals surface area contributed by atoms with Crippen molar-refractivity contribution in [2.24, 2.45) is 5.73 Å². The molecule has 8 nitrogen and oxygen atoms in total. The number of rotatable bonds is 12. The van der Waals surface area contributed by atoms with E-state index in [4.69, 9.17) is 10.5 Å². The van der Waals surface area contributed by atoms with Crippen molar-refractivity contribution in [3.63, 3.8) is 0 Å². The van der Waals surface area contributed by atoms with Gasteiger partial charge in [0.25, 0.3) is 5.56 Å². The predicted octanol–water partition coefficient (Wildman–Crippen LogP) is 3.80. The van der Waals surface area contributed by atoms with Gasteiger partial charge in [-0.15, -0.1) is 0 Å². The van der Waals surface area contributed by atoms with Crippen LogP contribution >= 0.6 is 0 Å². The van der Waals surface area contributed by atoms with E-state index in [1.807, 2.05) is 19.9 Å². The number of aromatic amines is 1. The molecule has 1 aliphatic heterocycles. The zero-order valence-electron chi connectivity index (χ0n) is 24.3. The third-order valence-electron chi connectivity index (χ3n) is 7.90. The third kappa shape index (κ3) is 7.19. The lowest BCUT2D eigenvalue weighted by Crippen LogP contribution is -2.40. The number of pyridine rings is 1. The molecule has 1 unspecified atom stereocenters. The van der Waals surface area contributed by atoms with Gasteiger partial charge in [-0.2, -0.15) is 0 Å². The van der Waals surface area contributed by atoms with Gasteiger partial charge in [-0.1, -0.05) is 24.3 Å². The highest BCUT2D eigenvalue weighted by atomic mass is 16.5. The lowest BCUT2D eigenvalue weighted by atomic mass is 9.94. The largest absolute Gasteiger partial charge is 0.381 e. The second kappa shape index (κ2) is 14.1. The number of nitrogens with two attached hydrogens (primary N) is 1. The molecule has 2 aromatic carbocycles. The van der Waals surface area contributed by atoms with E-state index < -0.39 is 6.23 Å². The number of aliphatic hydroxyl groups excluding tert-OH is 1. The monoisotopic (exact) mass is 547 g/mol. The molecule has 1 saturated heterocycles. The Morgan fingerprint density at radius 2 is 1.80 bits per heavy atom. The van der Waals surface area contributed by atoms with E-state index in [2.05, 4.69) is 70.8 Å². The smallest absolute Gasteiger partial charge is 0.252 e. The van der Waals surface area contributed by atoms with Crippen molar-refractivity contribution in [2.75, 3.05) is 37.7 Å². The average Bonchev–Trinajstić information content (AvgIpc) is 2.95. The topological polar surface area (TPSA) is 116 Å². The highest BCUT2D eigenvalue weighted by Crippen LogP contribution is 2.35. The van der Waals surface area contributed by atoms with Gasteiger partial charge in [-0.3, -0.25) is 10.1 Å². The van der Waals surface area contributed by atoms with Crippen LogP contribution in [0.2, 0.25) is 0 Å². The molecule has 0 aliphatic carbocycles. The maximum absolute atomic E-state index is 12.6. The van der Waals surface area contributed by atoms with Crippen LogP contribution in [0.15, 0.2) is 47.3 Å². The Morgan fingerprint density at radius 3 is 2.45 bits per heavy atom. The van der Waals surface area contributed by atoms with Crippen molar-refractivity contribution in [2.45, 2.75) is 65.9 Å². The van der Waals surface area contributed by atoms with Crippen LogP contribution in [0.4, 0.5) is 5.69 Å². The minimum atomic E-state index is -0.938. The van der Waals surface area contributed by atoms with Gasteiger partial charge in [0, 0.05) is 74.5 Å². The minimum Gasteiger partial charge on any atom is -0.381 e. The van der Waals surface area contributed by atoms with Crippen molar-refractivity contribution in [1.82, 2.24) is 15.6 Å². The zero-order chi connectivity index (χ0) is 28.6. The van der Waals surface area contributed by atoms with Gasteiger partial charge in [0.15, 0.2) is 0 Å². The number of anilines is 1. The molecule has 6 N–H and O–H groups in total. The summed E-state index contributed by atoms with van der Waals surface area (Å²) in [6, 6.07) is 15.2. The number of aromatic nitrogens is 1. The number of nitrogens with one attached hydrogen (secondary N) is 3. The van der Waals surface area contributed by atoms with Gasteiger partial charge in [-0.05, 0) is 86.6 Å². The molecule has 1 aromatic heterocycles. The minimum absolute atomic E-state index is 0.124. The predicted molar refractivity (Wildman–Crippen MR) is 163 cm³/mol. The molecule has 1 fully saturated rings. The van der Waals surface area contributed by atoms with Crippen molar-refractivity contribution in [3.05, 3.63) is 86.3 Å². The number of hydrogen-bond donors (Lipinski definition) is 5. The fourth-order valence-electron chi connectivity index (χ4n) is 5.65. The first kappa shape index (κ1) is 30.0. The maximum atomic E-state index is 12.6. The molecule has 0 bridgehead atoms. The number of hydrogen-bond acceptors (Lipinski definition) is 7. The fraction of sp³-hybridized carbons (Fsp3) is 0.469. The highest BCUT2D eigenvalue weighted by Gasteiger charge is 2.25. The summed E-state index contributed by atoms with van der Waals surface area (Å²) < 4.78 is 5.65. The molecule has 1 atom stereocenters. The Morgan fingerprint density at radius 1 is 1.07 bits per heavy atom. The lowest BCUT2D eigenvalue weighted by Gasteiger charge is -2.37. The molecule has 0 amide bonds. The van der Waals surface area contributed by atoms with Gasteiger partial charge >= 0.3 is 0 Å². The van der Waals surface area contributed by atoms with E-state index in [0.29, 0.717) is 18.2 Å². The van der Waals surface area contributed by atoms with Crippen molar-refractivity contribution >= 4 is 5.69 Å². The van der Waals surface area contributed by atoms with Crippen molar-refractivity contribution < 1.29 is 9.84 Å². The molecule has 40 heavy (non-hydrogen) atoms. The number of nitrogens with zero attached hydrogens (tertiary/aromatic N) is 1. The first-order valence-electron chi connectivity index (χ1n) is 14.4. The SMILES string of the molecule is CCN(c1cc(-c2ccc(CNCCN)cc2)cc(C(O)NCc2c(C)cc(C)[nH]c2=O)c1C)C1CCOCC1. The second-order valence-corrected chi connectivity index (χ2v) is 10.7. The first-order chi connectivity index (χ1) is 19.3. The number of benzene rings is 2.